The van der Waals surface area contributed by atoms with Crippen LogP contribution in [0.1, 0.15) is 19.4 Å². The van der Waals surface area contributed by atoms with Gasteiger partial charge in [0.2, 0.25) is 11.7 Å². The molecular weight excluding hydrogens is 358 g/mol. The summed E-state index contributed by atoms with van der Waals surface area (Å²) in [6, 6.07) is 1.73. The highest BCUT2D eigenvalue weighted by molar-refractivity contribution is 8.15. The van der Waals surface area contributed by atoms with Crippen molar-refractivity contribution in [3.8, 4) is 17.2 Å². The number of fused-ring (bicyclic) bond motifs is 1. The molecule has 1 saturated heterocycles. The van der Waals surface area contributed by atoms with Gasteiger partial charge in [0, 0.05) is 6.54 Å². The van der Waals surface area contributed by atoms with Crippen LogP contribution in [-0.4, -0.2) is 53.3 Å². The van der Waals surface area contributed by atoms with E-state index in [1.807, 2.05) is 6.92 Å². The fourth-order valence-corrected chi connectivity index (χ4v) is 3.71. The summed E-state index contributed by atoms with van der Waals surface area (Å²) in [4.78, 5) is 13.3. The third-order valence-electron chi connectivity index (χ3n) is 4.02. The topological polar surface area (TPSA) is 96.9 Å². The van der Waals surface area contributed by atoms with Gasteiger partial charge in [-0.2, -0.15) is 5.10 Å². The molecule has 0 unspecified atom stereocenters. The van der Waals surface area contributed by atoms with E-state index < -0.39 is 0 Å². The van der Waals surface area contributed by atoms with E-state index >= 15 is 0 Å². The fourth-order valence-electron chi connectivity index (χ4n) is 2.82. The van der Waals surface area contributed by atoms with Crippen molar-refractivity contribution in [2.45, 2.75) is 13.8 Å². The molecule has 1 aliphatic heterocycles. The highest BCUT2D eigenvalue weighted by atomic mass is 32.2. The predicted octanol–water partition coefficient (Wildman–Crippen LogP) is 2.83. The van der Waals surface area contributed by atoms with Gasteiger partial charge >= 0.3 is 0 Å². The van der Waals surface area contributed by atoms with E-state index in [9.17, 15) is 9.90 Å². The lowest BCUT2D eigenvalue weighted by atomic mass is 10.0. The number of ether oxygens (including phenoxy) is 2. The van der Waals surface area contributed by atoms with Crippen LogP contribution < -0.4 is 9.47 Å². The SMILES string of the molecule is CCN1C(=O)CS/C1=N\N=C(/C)c1c(O)c(OC)c2occc2c1OC. The van der Waals surface area contributed by atoms with Crippen molar-refractivity contribution < 1.29 is 23.8 Å². The zero-order valence-electron chi connectivity index (χ0n) is 14.9. The molecule has 0 radical (unpaired) electrons. The van der Waals surface area contributed by atoms with E-state index in [-0.39, 0.29) is 17.4 Å². The van der Waals surface area contributed by atoms with Gasteiger partial charge in [-0.05, 0) is 19.9 Å². The summed E-state index contributed by atoms with van der Waals surface area (Å²) in [6.45, 7) is 4.11. The van der Waals surface area contributed by atoms with Crippen LogP contribution in [0, 0.1) is 0 Å². The van der Waals surface area contributed by atoms with Gasteiger partial charge in [-0.25, -0.2) is 0 Å². The van der Waals surface area contributed by atoms with E-state index in [0.29, 0.717) is 45.5 Å². The Morgan fingerprint density at radius 2 is 2.12 bits per heavy atom. The van der Waals surface area contributed by atoms with Gasteiger partial charge in [0.15, 0.2) is 16.5 Å². The van der Waals surface area contributed by atoms with Gasteiger partial charge in [-0.3, -0.25) is 9.69 Å². The number of amides is 1. The number of hydrogen-bond donors (Lipinski definition) is 1. The Hall–Kier alpha value is -2.68. The number of hydrogen-bond acceptors (Lipinski definition) is 8. The Morgan fingerprint density at radius 3 is 2.77 bits per heavy atom. The summed E-state index contributed by atoms with van der Waals surface area (Å²) < 4.78 is 16.2. The Bertz CT molecular complexity index is 919. The third kappa shape index (κ3) is 2.88. The summed E-state index contributed by atoms with van der Waals surface area (Å²) in [5.41, 5.74) is 1.17. The molecular formula is C17H19N3O5S. The number of aromatic hydroxyl groups is 1. The first-order valence-corrected chi connectivity index (χ1v) is 8.91. The molecule has 0 spiro atoms. The lowest BCUT2D eigenvalue weighted by Crippen LogP contribution is -2.28. The van der Waals surface area contributed by atoms with Gasteiger partial charge in [-0.1, -0.05) is 11.8 Å². The van der Waals surface area contributed by atoms with Gasteiger partial charge in [0.1, 0.15) is 5.75 Å². The van der Waals surface area contributed by atoms with Gasteiger partial charge < -0.3 is 19.0 Å². The number of methoxy groups -OCH3 is 2. The molecule has 2 heterocycles. The number of rotatable bonds is 5. The first-order valence-electron chi connectivity index (χ1n) is 7.93. The Kier molecular flexibility index (Phi) is 5.08. The normalized spacial score (nSPS) is 16.8. The van der Waals surface area contributed by atoms with Crippen LogP contribution in [0.2, 0.25) is 0 Å². The van der Waals surface area contributed by atoms with Crippen molar-refractivity contribution in [1.29, 1.82) is 0 Å². The van der Waals surface area contributed by atoms with Gasteiger partial charge in [0.25, 0.3) is 0 Å². The van der Waals surface area contributed by atoms with Crippen LogP contribution in [0.3, 0.4) is 0 Å². The molecule has 1 fully saturated rings. The van der Waals surface area contributed by atoms with Crippen LogP contribution in [0.5, 0.6) is 17.2 Å². The highest BCUT2D eigenvalue weighted by Gasteiger charge is 2.27. The Morgan fingerprint density at radius 1 is 1.38 bits per heavy atom. The van der Waals surface area contributed by atoms with Crippen molar-refractivity contribution in [1.82, 2.24) is 4.90 Å². The Balaban J connectivity index is 2.12. The second-order valence-corrected chi connectivity index (χ2v) is 6.39. The summed E-state index contributed by atoms with van der Waals surface area (Å²) in [6.07, 6.45) is 1.49. The van der Waals surface area contributed by atoms with Crippen LogP contribution >= 0.6 is 11.8 Å². The molecule has 26 heavy (non-hydrogen) atoms. The lowest BCUT2D eigenvalue weighted by molar-refractivity contribution is -0.123. The maximum atomic E-state index is 11.8. The van der Waals surface area contributed by atoms with Crippen LogP contribution in [-0.2, 0) is 4.79 Å². The molecule has 0 aliphatic carbocycles. The second-order valence-electron chi connectivity index (χ2n) is 5.45. The quantitative estimate of drug-likeness (QED) is 0.636. The average molecular weight is 377 g/mol. The third-order valence-corrected chi connectivity index (χ3v) is 4.98. The molecule has 0 saturated carbocycles. The number of carbonyl (C=O) groups excluding carboxylic acids is 1. The van der Waals surface area contributed by atoms with E-state index in [1.54, 1.807) is 17.9 Å². The first-order chi connectivity index (χ1) is 12.5. The minimum absolute atomic E-state index is 0.00557. The van der Waals surface area contributed by atoms with Crippen molar-refractivity contribution in [3.63, 3.8) is 0 Å². The minimum Gasteiger partial charge on any atom is -0.504 e. The number of carbonyl (C=O) groups is 1. The van der Waals surface area contributed by atoms with Crippen LogP contribution in [0.25, 0.3) is 11.0 Å². The smallest absolute Gasteiger partial charge is 0.239 e. The summed E-state index contributed by atoms with van der Waals surface area (Å²) in [7, 11) is 2.94. The number of phenolic OH excluding ortho intramolecular Hbond substituents is 1. The molecule has 0 atom stereocenters. The molecule has 0 bridgehead atoms. The maximum absolute atomic E-state index is 11.8. The summed E-state index contributed by atoms with van der Waals surface area (Å²) >= 11 is 1.33. The number of amidine groups is 1. The average Bonchev–Trinajstić information content (AvgIpc) is 3.25. The monoisotopic (exact) mass is 377 g/mol. The molecule has 8 nitrogen and oxygen atoms in total. The number of nitrogens with zero attached hydrogens (tertiary/aromatic N) is 3. The van der Waals surface area contributed by atoms with Crippen molar-refractivity contribution in [2.75, 3.05) is 26.5 Å². The van der Waals surface area contributed by atoms with Gasteiger partial charge in [-0.15, -0.1) is 5.10 Å². The maximum Gasteiger partial charge on any atom is 0.239 e. The molecule has 9 heteroatoms. The predicted molar refractivity (Wildman–Crippen MR) is 100 cm³/mol. The standard InChI is InChI=1S/C17H19N3O5S/c1-5-20-11(21)8-26-17(20)19-18-9(2)12-13(22)16(24-4)15-10(6-7-25-15)14(12)23-3/h6-7,22H,5,8H2,1-4H3/b18-9+,19-17-. The first kappa shape index (κ1) is 18.1. The van der Waals surface area contributed by atoms with Crippen molar-refractivity contribution >= 4 is 39.5 Å². The molecule has 3 rings (SSSR count). The van der Waals surface area contributed by atoms with E-state index in [1.165, 1.54) is 32.2 Å². The van der Waals surface area contributed by atoms with E-state index in [4.69, 9.17) is 13.9 Å². The largest absolute Gasteiger partial charge is 0.504 e. The molecule has 1 aromatic heterocycles. The molecule has 1 aromatic carbocycles. The highest BCUT2D eigenvalue weighted by Crippen LogP contribution is 2.45. The second kappa shape index (κ2) is 7.28. The van der Waals surface area contributed by atoms with E-state index in [2.05, 4.69) is 10.2 Å². The minimum atomic E-state index is -0.143. The van der Waals surface area contributed by atoms with Crippen molar-refractivity contribution in [2.24, 2.45) is 10.2 Å². The van der Waals surface area contributed by atoms with Crippen LogP contribution in [0.4, 0.5) is 0 Å². The lowest BCUT2D eigenvalue weighted by Gasteiger charge is -2.14. The zero-order chi connectivity index (χ0) is 18.8. The number of furan rings is 1. The molecule has 1 N–H and O–H groups in total. The number of thioether (sulfide) groups is 1. The molecule has 2 aromatic rings. The van der Waals surface area contributed by atoms with E-state index in [0.717, 1.165) is 0 Å². The van der Waals surface area contributed by atoms with Crippen molar-refractivity contribution in [3.05, 3.63) is 17.9 Å². The fraction of sp³-hybridized carbons (Fsp3) is 0.353. The molecule has 1 aliphatic rings. The molecule has 138 valence electrons. The Labute approximate surface area is 154 Å². The molecule has 1 amide bonds. The number of phenols is 1. The van der Waals surface area contributed by atoms with Crippen LogP contribution in [0.15, 0.2) is 26.9 Å². The summed E-state index contributed by atoms with van der Waals surface area (Å²) in [5.74, 6) is 0.825. The number of benzene rings is 1. The summed E-state index contributed by atoms with van der Waals surface area (Å²) in [5, 5.41) is 20.2. The van der Waals surface area contributed by atoms with Gasteiger partial charge in [0.05, 0.1) is 42.9 Å². The zero-order valence-corrected chi connectivity index (χ0v) is 15.7.